The first-order valence-electron chi connectivity index (χ1n) is 9.62. The van der Waals surface area contributed by atoms with Gasteiger partial charge in [-0.05, 0) is 54.1 Å². The molecule has 1 atom stereocenters. The number of hydrogen-bond acceptors (Lipinski definition) is 4. The number of likely N-dealkylation sites (tertiary alicyclic amines) is 1. The van der Waals surface area contributed by atoms with Gasteiger partial charge in [-0.15, -0.1) is 11.3 Å². The quantitative estimate of drug-likeness (QED) is 0.499. The second kappa shape index (κ2) is 7.40. The molecule has 0 aliphatic carbocycles. The average molecular weight is 406 g/mol. The third kappa shape index (κ3) is 3.53. The zero-order valence-corrected chi connectivity index (χ0v) is 16.5. The second-order valence-corrected chi connectivity index (χ2v) is 8.22. The Morgan fingerprint density at radius 3 is 2.90 bits per heavy atom. The van der Waals surface area contributed by atoms with Crippen LogP contribution >= 0.6 is 11.3 Å². The number of fused-ring (bicyclic) bond motifs is 1. The summed E-state index contributed by atoms with van der Waals surface area (Å²) in [6, 6.07) is 14.1. The van der Waals surface area contributed by atoms with Crippen LogP contribution in [-0.4, -0.2) is 38.5 Å². The summed E-state index contributed by atoms with van der Waals surface area (Å²) < 4.78 is 15.3. The number of hydrogen-bond donors (Lipinski definition) is 0. The summed E-state index contributed by atoms with van der Waals surface area (Å²) in [4.78, 5) is 20.1. The fraction of sp³-hybridized carbons (Fsp3) is 0.227. The van der Waals surface area contributed by atoms with Crippen molar-refractivity contribution in [2.45, 2.75) is 18.8 Å². The molecule has 1 saturated heterocycles. The molecule has 4 aromatic rings. The van der Waals surface area contributed by atoms with Gasteiger partial charge < -0.3 is 4.90 Å². The summed E-state index contributed by atoms with van der Waals surface area (Å²) in [5.74, 6) is 0.691. The molecule has 5 rings (SSSR count). The Morgan fingerprint density at radius 1 is 1.14 bits per heavy atom. The van der Waals surface area contributed by atoms with Gasteiger partial charge in [0.1, 0.15) is 5.82 Å². The van der Waals surface area contributed by atoms with Crippen molar-refractivity contribution >= 4 is 22.9 Å². The normalized spacial score (nSPS) is 17.0. The molecule has 0 N–H and O–H groups in total. The van der Waals surface area contributed by atoms with Crippen molar-refractivity contribution in [3.8, 4) is 11.1 Å². The van der Waals surface area contributed by atoms with Gasteiger partial charge >= 0.3 is 0 Å². The molecule has 1 aliphatic heterocycles. The number of carbonyl (C=O) groups excluding carboxylic acids is 1. The smallest absolute Gasteiger partial charge is 0.263 e. The number of benzene rings is 1. The molecule has 1 aromatic carbocycles. The molecule has 1 aliphatic rings. The van der Waals surface area contributed by atoms with Gasteiger partial charge in [0, 0.05) is 30.8 Å². The molecule has 0 spiro atoms. The lowest BCUT2D eigenvalue weighted by Gasteiger charge is -2.31. The number of rotatable bonds is 3. The molecule has 0 radical (unpaired) electrons. The van der Waals surface area contributed by atoms with Gasteiger partial charge in [-0.1, -0.05) is 18.2 Å². The van der Waals surface area contributed by atoms with Crippen molar-refractivity contribution in [2.75, 3.05) is 13.1 Å². The van der Waals surface area contributed by atoms with Gasteiger partial charge in [-0.3, -0.25) is 4.79 Å². The lowest BCUT2D eigenvalue weighted by molar-refractivity contribution is 0.0709. The highest BCUT2D eigenvalue weighted by Gasteiger charge is 2.28. The number of carbonyl (C=O) groups is 1. The summed E-state index contributed by atoms with van der Waals surface area (Å²) in [5, 5.41) is 6.60. The Morgan fingerprint density at radius 2 is 2.07 bits per heavy atom. The monoisotopic (exact) mass is 406 g/mol. The number of halogens is 1. The first-order chi connectivity index (χ1) is 14.2. The van der Waals surface area contributed by atoms with E-state index in [-0.39, 0.29) is 17.6 Å². The zero-order chi connectivity index (χ0) is 19.8. The summed E-state index contributed by atoms with van der Waals surface area (Å²) in [7, 11) is 0. The largest absolute Gasteiger partial charge is 0.337 e. The number of aromatic nitrogens is 3. The maximum Gasteiger partial charge on any atom is 0.263 e. The summed E-state index contributed by atoms with van der Waals surface area (Å²) in [6.45, 7) is 1.40. The topological polar surface area (TPSA) is 50.5 Å². The van der Waals surface area contributed by atoms with Gasteiger partial charge in [0.15, 0.2) is 11.5 Å². The number of nitrogens with zero attached hydrogens (tertiary/aromatic N) is 4. The van der Waals surface area contributed by atoms with Crippen LogP contribution in [0.5, 0.6) is 0 Å². The van der Waals surface area contributed by atoms with Crippen LogP contribution in [0.4, 0.5) is 4.39 Å². The zero-order valence-electron chi connectivity index (χ0n) is 15.7. The van der Waals surface area contributed by atoms with E-state index >= 15 is 0 Å². The number of amides is 1. The highest BCUT2D eigenvalue weighted by Crippen LogP contribution is 2.27. The van der Waals surface area contributed by atoms with Crippen LogP contribution in [0.1, 0.15) is 34.3 Å². The molecule has 7 heteroatoms. The molecule has 3 aromatic heterocycles. The van der Waals surface area contributed by atoms with Crippen LogP contribution < -0.4 is 0 Å². The first-order valence-corrected chi connectivity index (χ1v) is 10.5. The second-order valence-electron chi connectivity index (χ2n) is 7.27. The highest BCUT2D eigenvalue weighted by atomic mass is 32.1. The molecule has 1 amide bonds. The van der Waals surface area contributed by atoms with Crippen LogP contribution in [0.3, 0.4) is 0 Å². The van der Waals surface area contributed by atoms with Gasteiger partial charge in [-0.25, -0.2) is 13.9 Å². The van der Waals surface area contributed by atoms with Gasteiger partial charge in [0.05, 0.1) is 4.88 Å². The van der Waals surface area contributed by atoms with Crippen LogP contribution in [0.25, 0.3) is 16.8 Å². The fourth-order valence-corrected chi connectivity index (χ4v) is 4.53. The molecular weight excluding hydrogens is 387 g/mol. The minimum Gasteiger partial charge on any atom is -0.337 e. The van der Waals surface area contributed by atoms with Gasteiger partial charge in [0.25, 0.3) is 5.91 Å². The van der Waals surface area contributed by atoms with E-state index in [9.17, 15) is 9.18 Å². The van der Waals surface area contributed by atoms with Crippen molar-refractivity contribution in [1.29, 1.82) is 0 Å². The van der Waals surface area contributed by atoms with E-state index < -0.39 is 0 Å². The van der Waals surface area contributed by atoms with E-state index in [1.165, 1.54) is 23.5 Å². The predicted molar refractivity (Wildman–Crippen MR) is 111 cm³/mol. The first kappa shape index (κ1) is 18.0. The van der Waals surface area contributed by atoms with E-state index in [4.69, 9.17) is 0 Å². The Labute approximate surface area is 171 Å². The van der Waals surface area contributed by atoms with Crippen molar-refractivity contribution < 1.29 is 9.18 Å². The molecule has 0 saturated carbocycles. The standard InChI is InChI=1S/C22H19FN4OS/c23-18-6-1-4-15(12-18)16-8-9-20-24-21(25-27(20)14-16)17-5-2-10-26(13-17)22(28)19-7-3-11-29-19/h1,3-4,6-9,11-12,14,17H,2,5,10,13H2/t17-/m1/s1. The van der Waals surface area contributed by atoms with Gasteiger partial charge in [0.2, 0.25) is 0 Å². The molecule has 29 heavy (non-hydrogen) atoms. The lowest BCUT2D eigenvalue weighted by atomic mass is 9.97. The maximum atomic E-state index is 13.6. The Bertz CT molecular complexity index is 1170. The highest BCUT2D eigenvalue weighted by molar-refractivity contribution is 7.12. The molecule has 5 nitrogen and oxygen atoms in total. The summed E-state index contributed by atoms with van der Waals surface area (Å²) in [6.07, 6.45) is 3.77. The third-order valence-corrected chi connectivity index (χ3v) is 6.17. The average Bonchev–Trinajstić information content (AvgIpc) is 3.43. The van der Waals surface area contributed by atoms with E-state index in [2.05, 4.69) is 10.1 Å². The molecular formula is C22H19FN4OS. The third-order valence-electron chi connectivity index (χ3n) is 5.31. The minimum absolute atomic E-state index is 0.0851. The maximum absolute atomic E-state index is 13.6. The van der Waals surface area contributed by atoms with E-state index in [1.54, 1.807) is 10.6 Å². The fourth-order valence-electron chi connectivity index (χ4n) is 3.84. The number of pyridine rings is 1. The number of thiophene rings is 1. The summed E-state index contributed by atoms with van der Waals surface area (Å²) in [5.41, 5.74) is 2.43. The minimum atomic E-state index is -0.264. The summed E-state index contributed by atoms with van der Waals surface area (Å²) >= 11 is 1.47. The number of piperidine rings is 1. The van der Waals surface area contributed by atoms with E-state index in [0.29, 0.717) is 6.54 Å². The molecule has 146 valence electrons. The molecule has 0 unspecified atom stereocenters. The van der Waals surface area contributed by atoms with Crippen molar-refractivity contribution in [3.63, 3.8) is 0 Å². The Hall–Kier alpha value is -3.06. The van der Waals surface area contributed by atoms with Crippen molar-refractivity contribution in [2.24, 2.45) is 0 Å². The lowest BCUT2D eigenvalue weighted by Crippen LogP contribution is -2.39. The van der Waals surface area contributed by atoms with E-state index in [0.717, 1.165) is 46.9 Å². The molecule has 1 fully saturated rings. The van der Waals surface area contributed by atoms with Crippen LogP contribution in [-0.2, 0) is 0 Å². The van der Waals surface area contributed by atoms with Crippen LogP contribution in [0.15, 0.2) is 60.1 Å². The predicted octanol–water partition coefficient (Wildman–Crippen LogP) is 4.62. The van der Waals surface area contributed by atoms with Crippen molar-refractivity contribution in [1.82, 2.24) is 19.5 Å². The SMILES string of the molecule is O=C(c1cccs1)N1CCC[C@@H](c2nc3ccc(-c4cccc(F)c4)cn3n2)C1. The van der Waals surface area contributed by atoms with Crippen LogP contribution in [0, 0.1) is 5.82 Å². The van der Waals surface area contributed by atoms with Crippen molar-refractivity contribution in [3.05, 3.63) is 76.6 Å². The van der Waals surface area contributed by atoms with Gasteiger partial charge in [-0.2, -0.15) is 5.10 Å². The Balaban J connectivity index is 1.40. The Kier molecular flexibility index (Phi) is 4.60. The molecule has 0 bridgehead atoms. The van der Waals surface area contributed by atoms with E-state index in [1.807, 2.05) is 46.8 Å². The van der Waals surface area contributed by atoms with Crippen LogP contribution in [0.2, 0.25) is 0 Å². The molecule has 4 heterocycles.